The third-order valence-electron chi connectivity index (χ3n) is 13.8. The third kappa shape index (κ3) is 4.79. The van der Waals surface area contributed by atoms with E-state index in [1.807, 2.05) is 0 Å². The maximum absolute atomic E-state index is 2.67. The molecular formula is C56H46BN3. The average Bonchev–Trinajstić information content (AvgIpc) is 3.73. The average molecular weight is 772 g/mol. The van der Waals surface area contributed by atoms with Gasteiger partial charge in [-0.25, -0.2) is 0 Å². The van der Waals surface area contributed by atoms with Crippen molar-refractivity contribution in [2.75, 3.05) is 9.71 Å². The number of fused-ring (bicyclic) bond motifs is 11. The fourth-order valence-electron chi connectivity index (χ4n) is 11.0. The summed E-state index contributed by atoms with van der Waals surface area (Å²) < 4.78 is 2.62. The van der Waals surface area contributed by atoms with Gasteiger partial charge >= 0.3 is 6.85 Å². The zero-order valence-electron chi connectivity index (χ0n) is 35.1. The van der Waals surface area contributed by atoms with E-state index in [4.69, 9.17) is 0 Å². The van der Waals surface area contributed by atoms with Crippen molar-refractivity contribution in [1.29, 1.82) is 0 Å². The van der Waals surface area contributed by atoms with Crippen molar-refractivity contribution < 1.29 is 0 Å². The van der Waals surface area contributed by atoms with Gasteiger partial charge in [0.2, 0.25) is 0 Å². The molecule has 0 saturated heterocycles. The zero-order chi connectivity index (χ0) is 40.7. The molecule has 0 unspecified atom stereocenters. The van der Waals surface area contributed by atoms with Crippen LogP contribution in [0.15, 0.2) is 170 Å². The number of anilines is 5. The van der Waals surface area contributed by atoms with Crippen molar-refractivity contribution in [3.63, 3.8) is 0 Å². The Bertz CT molecular complexity index is 3190. The van der Waals surface area contributed by atoms with Crippen molar-refractivity contribution in [3.8, 4) is 27.9 Å². The minimum Gasteiger partial charge on any atom is -0.376 e. The molecule has 0 saturated carbocycles. The first-order valence-electron chi connectivity index (χ1n) is 21.4. The molecule has 0 N–H and O–H groups in total. The highest BCUT2D eigenvalue weighted by Gasteiger charge is 2.46. The number of hydrogen-bond donors (Lipinski definition) is 0. The van der Waals surface area contributed by atoms with Crippen molar-refractivity contribution >= 4 is 68.0 Å². The smallest absolute Gasteiger partial charge is 0.333 e. The fourth-order valence-corrected chi connectivity index (χ4v) is 11.0. The highest BCUT2D eigenvalue weighted by Crippen LogP contribution is 2.52. The molecule has 0 bridgehead atoms. The summed E-state index contributed by atoms with van der Waals surface area (Å²) in [6.45, 7) is 14.0. The Morgan fingerprint density at radius 2 is 1.22 bits per heavy atom. The predicted molar refractivity (Wildman–Crippen MR) is 256 cm³/mol. The lowest BCUT2D eigenvalue weighted by molar-refractivity contribution is 0.590. The second-order valence-electron chi connectivity index (χ2n) is 18.6. The summed E-state index contributed by atoms with van der Waals surface area (Å²) in [5, 5.41) is 2.65. The van der Waals surface area contributed by atoms with E-state index in [0.29, 0.717) is 0 Å². The third-order valence-corrected chi connectivity index (χ3v) is 13.8. The van der Waals surface area contributed by atoms with Gasteiger partial charge in [-0.1, -0.05) is 138 Å². The number of aromatic nitrogens is 1. The second kappa shape index (κ2) is 12.4. The van der Waals surface area contributed by atoms with Gasteiger partial charge in [0.25, 0.3) is 0 Å². The van der Waals surface area contributed by atoms with E-state index in [1.54, 1.807) is 0 Å². The SMILES string of the molecule is Cc1cc2c3c4c1c1ccccc1n4-c1cc4c(cc1B3N(c1ccc(C(C)(C)C)cc1)c1ccc(N(c3ccccc3)c3ccccc3)cc1-2)C(C)(C)c1ccccc1-4. The summed E-state index contributed by atoms with van der Waals surface area (Å²) in [5.41, 5.74) is 23.0. The van der Waals surface area contributed by atoms with Gasteiger partial charge < -0.3 is 14.3 Å². The molecule has 60 heavy (non-hydrogen) atoms. The van der Waals surface area contributed by atoms with Crippen LogP contribution in [0, 0.1) is 6.92 Å². The van der Waals surface area contributed by atoms with Gasteiger partial charge in [0.15, 0.2) is 0 Å². The minimum atomic E-state index is -0.135. The van der Waals surface area contributed by atoms with Crippen LogP contribution in [0.1, 0.15) is 56.9 Å². The van der Waals surface area contributed by atoms with E-state index >= 15 is 0 Å². The van der Waals surface area contributed by atoms with Crippen LogP contribution >= 0.6 is 0 Å². The lowest BCUT2D eigenvalue weighted by Crippen LogP contribution is -2.60. The summed E-state index contributed by atoms with van der Waals surface area (Å²) in [6, 6.07) is 63.9. The van der Waals surface area contributed by atoms with Crippen molar-refractivity contribution in [2.24, 2.45) is 0 Å². The first-order valence-corrected chi connectivity index (χ1v) is 21.4. The molecule has 12 rings (SSSR count). The van der Waals surface area contributed by atoms with Gasteiger partial charge in [0, 0.05) is 55.9 Å². The Morgan fingerprint density at radius 1 is 0.550 bits per heavy atom. The Labute approximate surface area is 353 Å². The molecule has 1 aliphatic carbocycles. The van der Waals surface area contributed by atoms with Crippen molar-refractivity contribution in [2.45, 2.75) is 52.4 Å². The Hall–Kier alpha value is -6.78. The predicted octanol–water partition coefficient (Wildman–Crippen LogP) is 13.4. The molecule has 1 aromatic heterocycles. The molecule has 3 heterocycles. The Kier molecular flexibility index (Phi) is 7.26. The number of hydrogen-bond acceptors (Lipinski definition) is 2. The standard InChI is InChI=1S/C56H46BN3/c1-35-31-45-44-32-40(58(37-17-9-7-10-18-37)38-19-11-8-12-20-38)29-30-50(44)60(39-27-25-36(26-28-39)55(2,3)4)57-48-34-47-43(41-21-13-15-23-46(41)56(47,5)6)33-51(48)59-49-24-16-14-22-42(49)52(35)54(59)53(45)57/h7-34H,1-6H3. The number of rotatable bonds is 4. The van der Waals surface area contributed by atoms with Gasteiger partial charge in [-0.3, -0.25) is 0 Å². The number of para-hydroxylation sites is 3. The van der Waals surface area contributed by atoms with Crippen molar-refractivity contribution in [1.82, 2.24) is 4.57 Å². The molecule has 0 fully saturated rings. The number of aryl methyl sites for hydroxylation is 1. The molecule has 2 aliphatic heterocycles. The summed E-state index contributed by atoms with van der Waals surface area (Å²) >= 11 is 0. The van der Waals surface area contributed by atoms with E-state index in [1.165, 1.54) is 94.3 Å². The maximum atomic E-state index is 2.67. The van der Waals surface area contributed by atoms with Crippen LogP contribution in [0.25, 0.3) is 49.7 Å². The van der Waals surface area contributed by atoms with Crippen LogP contribution in [0.5, 0.6) is 0 Å². The first kappa shape index (κ1) is 35.2. The fraction of sp³-hybridized carbons (Fsp3) is 0.143. The normalized spacial score (nSPS) is 14.2. The molecule has 0 atom stereocenters. The summed E-state index contributed by atoms with van der Waals surface area (Å²) in [4.78, 5) is 5.06. The molecule has 4 heteroatoms. The van der Waals surface area contributed by atoms with E-state index in [2.05, 4.69) is 226 Å². The van der Waals surface area contributed by atoms with Crippen LogP contribution in [0.4, 0.5) is 28.4 Å². The van der Waals surface area contributed by atoms with Gasteiger partial charge in [-0.15, -0.1) is 0 Å². The largest absolute Gasteiger partial charge is 0.376 e. The lowest BCUT2D eigenvalue weighted by Gasteiger charge is -2.43. The van der Waals surface area contributed by atoms with Crippen LogP contribution in [-0.4, -0.2) is 11.4 Å². The van der Waals surface area contributed by atoms with Gasteiger partial charge in [-0.2, -0.15) is 0 Å². The van der Waals surface area contributed by atoms with Crippen LogP contribution in [0.2, 0.25) is 0 Å². The van der Waals surface area contributed by atoms with Crippen molar-refractivity contribution in [3.05, 3.63) is 192 Å². The van der Waals surface area contributed by atoms with E-state index in [9.17, 15) is 0 Å². The highest BCUT2D eigenvalue weighted by molar-refractivity contribution is 6.93. The molecule has 3 aliphatic rings. The zero-order valence-corrected chi connectivity index (χ0v) is 35.1. The number of benzene rings is 8. The molecule has 288 valence electrons. The van der Waals surface area contributed by atoms with Gasteiger partial charge in [-0.05, 0) is 129 Å². The summed E-state index contributed by atoms with van der Waals surface area (Å²) in [7, 11) is 0. The second-order valence-corrected chi connectivity index (χ2v) is 18.6. The monoisotopic (exact) mass is 771 g/mol. The molecule has 0 amide bonds. The summed E-state index contributed by atoms with van der Waals surface area (Å²) in [6.07, 6.45) is 0. The molecular weight excluding hydrogens is 725 g/mol. The van der Waals surface area contributed by atoms with E-state index in [-0.39, 0.29) is 17.7 Å². The van der Waals surface area contributed by atoms with Crippen LogP contribution in [0.3, 0.4) is 0 Å². The molecule has 3 nitrogen and oxygen atoms in total. The quantitative estimate of drug-likeness (QED) is 0.165. The lowest BCUT2D eigenvalue weighted by atomic mass is 9.43. The highest BCUT2D eigenvalue weighted by atomic mass is 15.1. The van der Waals surface area contributed by atoms with E-state index in [0.717, 1.165) is 17.1 Å². The summed E-state index contributed by atoms with van der Waals surface area (Å²) in [5.74, 6) is 0. The first-order chi connectivity index (χ1) is 29.1. The molecule has 8 aromatic carbocycles. The van der Waals surface area contributed by atoms with Gasteiger partial charge in [0.1, 0.15) is 0 Å². The minimum absolute atomic E-state index is 0.0430. The topological polar surface area (TPSA) is 11.4 Å². The Balaban J connectivity index is 1.20. The number of nitrogens with zero attached hydrogens (tertiary/aromatic N) is 3. The van der Waals surface area contributed by atoms with Gasteiger partial charge in [0.05, 0.1) is 11.0 Å². The Morgan fingerprint density at radius 3 is 1.93 bits per heavy atom. The molecule has 0 radical (unpaired) electrons. The molecule has 0 spiro atoms. The maximum Gasteiger partial charge on any atom is 0.333 e. The van der Waals surface area contributed by atoms with Crippen LogP contribution < -0.4 is 20.6 Å². The van der Waals surface area contributed by atoms with E-state index < -0.39 is 0 Å². The van der Waals surface area contributed by atoms with Crippen LogP contribution in [-0.2, 0) is 10.8 Å². The molecule has 9 aromatic rings.